The highest BCUT2D eigenvalue weighted by Crippen LogP contribution is 2.32. The molecule has 2 aromatic rings. The molecule has 0 saturated carbocycles. The molecule has 0 amide bonds. The molecule has 112 valence electrons. The predicted molar refractivity (Wildman–Crippen MR) is 94.5 cm³/mol. The Hall–Kier alpha value is -0.960. The second kappa shape index (κ2) is 7.88. The fourth-order valence-corrected chi connectivity index (χ4v) is 3.21. The van der Waals surface area contributed by atoms with Crippen molar-refractivity contribution in [1.82, 2.24) is 5.32 Å². The SMILES string of the molecule is CCCNC(c1ccc(C)c(Cl)c1)c1ccccc1SC. The molecule has 0 aliphatic carbocycles. The normalized spacial score (nSPS) is 12.4. The van der Waals surface area contributed by atoms with E-state index in [0.717, 1.165) is 23.6 Å². The Balaban J connectivity index is 2.44. The van der Waals surface area contributed by atoms with E-state index >= 15 is 0 Å². The Labute approximate surface area is 137 Å². The van der Waals surface area contributed by atoms with Gasteiger partial charge in [-0.2, -0.15) is 0 Å². The molecule has 3 heteroatoms. The third kappa shape index (κ3) is 4.03. The summed E-state index contributed by atoms with van der Waals surface area (Å²) in [5.74, 6) is 0. The summed E-state index contributed by atoms with van der Waals surface area (Å²) in [4.78, 5) is 1.31. The topological polar surface area (TPSA) is 12.0 Å². The zero-order valence-electron chi connectivity index (χ0n) is 12.8. The minimum absolute atomic E-state index is 0.187. The van der Waals surface area contributed by atoms with Crippen molar-refractivity contribution in [3.8, 4) is 0 Å². The number of hydrogen-bond donors (Lipinski definition) is 1. The van der Waals surface area contributed by atoms with Crippen LogP contribution in [0.25, 0.3) is 0 Å². The summed E-state index contributed by atoms with van der Waals surface area (Å²) in [6.07, 6.45) is 3.23. The van der Waals surface area contributed by atoms with Gasteiger partial charge in [0.1, 0.15) is 0 Å². The van der Waals surface area contributed by atoms with Crippen LogP contribution in [-0.4, -0.2) is 12.8 Å². The second-order valence-electron chi connectivity index (χ2n) is 5.14. The van der Waals surface area contributed by atoms with Crippen LogP contribution in [-0.2, 0) is 0 Å². The van der Waals surface area contributed by atoms with Gasteiger partial charge in [0.25, 0.3) is 0 Å². The van der Waals surface area contributed by atoms with E-state index in [1.54, 1.807) is 11.8 Å². The summed E-state index contributed by atoms with van der Waals surface area (Å²) < 4.78 is 0. The van der Waals surface area contributed by atoms with Gasteiger partial charge in [0.05, 0.1) is 6.04 Å². The fraction of sp³-hybridized carbons (Fsp3) is 0.333. The molecule has 21 heavy (non-hydrogen) atoms. The van der Waals surface area contributed by atoms with Gasteiger partial charge in [-0.05, 0) is 55.0 Å². The first kappa shape index (κ1) is 16.4. The zero-order chi connectivity index (χ0) is 15.2. The highest BCUT2D eigenvalue weighted by atomic mass is 35.5. The number of thioether (sulfide) groups is 1. The highest BCUT2D eigenvalue weighted by Gasteiger charge is 2.17. The Kier molecular flexibility index (Phi) is 6.16. The lowest BCUT2D eigenvalue weighted by atomic mass is 9.97. The first-order valence-corrected chi connectivity index (χ1v) is 8.90. The van der Waals surface area contributed by atoms with Crippen LogP contribution < -0.4 is 5.32 Å². The minimum Gasteiger partial charge on any atom is -0.306 e. The van der Waals surface area contributed by atoms with E-state index in [1.165, 1.54) is 16.0 Å². The number of halogens is 1. The molecule has 2 aromatic carbocycles. The van der Waals surface area contributed by atoms with Crippen molar-refractivity contribution in [3.63, 3.8) is 0 Å². The zero-order valence-corrected chi connectivity index (χ0v) is 14.4. The van der Waals surface area contributed by atoms with Crippen molar-refractivity contribution in [1.29, 1.82) is 0 Å². The predicted octanol–water partition coefficient (Wildman–Crippen LogP) is 5.46. The lowest BCUT2D eigenvalue weighted by Crippen LogP contribution is -2.23. The molecular weight excluding hydrogens is 298 g/mol. The van der Waals surface area contributed by atoms with Crippen LogP contribution in [0.3, 0.4) is 0 Å². The summed E-state index contributed by atoms with van der Waals surface area (Å²) >= 11 is 8.11. The number of aryl methyl sites for hydroxylation is 1. The molecule has 0 fully saturated rings. The molecule has 0 heterocycles. The highest BCUT2D eigenvalue weighted by molar-refractivity contribution is 7.98. The van der Waals surface area contributed by atoms with Gasteiger partial charge >= 0.3 is 0 Å². The van der Waals surface area contributed by atoms with E-state index in [4.69, 9.17) is 11.6 Å². The van der Waals surface area contributed by atoms with Gasteiger partial charge in [-0.25, -0.2) is 0 Å². The smallest absolute Gasteiger partial charge is 0.0588 e. The van der Waals surface area contributed by atoms with Crippen molar-refractivity contribution < 1.29 is 0 Å². The van der Waals surface area contributed by atoms with Gasteiger partial charge in [0.2, 0.25) is 0 Å². The number of benzene rings is 2. The Morgan fingerprint density at radius 3 is 2.62 bits per heavy atom. The maximum absolute atomic E-state index is 6.32. The van der Waals surface area contributed by atoms with Gasteiger partial charge in [-0.3, -0.25) is 0 Å². The van der Waals surface area contributed by atoms with E-state index < -0.39 is 0 Å². The van der Waals surface area contributed by atoms with Crippen molar-refractivity contribution in [2.45, 2.75) is 31.2 Å². The number of nitrogens with one attached hydrogen (secondary N) is 1. The number of hydrogen-bond acceptors (Lipinski definition) is 2. The molecule has 0 spiro atoms. The van der Waals surface area contributed by atoms with Crippen LogP contribution in [0, 0.1) is 6.92 Å². The quantitative estimate of drug-likeness (QED) is 0.710. The maximum atomic E-state index is 6.32. The first-order valence-electron chi connectivity index (χ1n) is 7.29. The third-order valence-corrected chi connectivity index (χ3v) is 4.80. The number of rotatable bonds is 6. The Morgan fingerprint density at radius 1 is 1.19 bits per heavy atom. The second-order valence-corrected chi connectivity index (χ2v) is 6.39. The standard InChI is InChI=1S/C18H22ClNS/c1-4-11-20-18(14-10-9-13(2)16(19)12-14)15-7-5-6-8-17(15)21-3/h5-10,12,18,20H,4,11H2,1-3H3. The lowest BCUT2D eigenvalue weighted by Gasteiger charge is -2.22. The lowest BCUT2D eigenvalue weighted by molar-refractivity contribution is 0.592. The monoisotopic (exact) mass is 319 g/mol. The molecule has 1 nitrogen and oxygen atoms in total. The summed E-state index contributed by atoms with van der Waals surface area (Å²) in [6.45, 7) is 5.21. The van der Waals surface area contributed by atoms with E-state index in [2.05, 4.69) is 61.0 Å². The van der Waals surface area contributed by atoms with Crippen LogP contribution in [0.2, 0.25) is 5.02 Å². The minimum atomic E-state index is 0.187. The van der Waals surface area contributed by atoms with Gasteiger partial charge in [-0.1, -0.05) is 48.9 Å². The van der Waals surface area contributed by atoms with E-state index in [0.29, 0.717) is 0 Å². The van der Waals surface area contributed by atoms with Crippen molar-refractivity contribution >= 4 is 23.4 Å². The summed E-state index contributed by atoms with van der Waals surface area (Å²) in [6, 6.07) is 15.1. The van der Waals surface area contributed by atoms with E-state index in [-0.39, 0.29) is 6.04 Å². The largest absolute Gasteiger partial charge is 0.306 e. The molecule has 0 bridgehead atoms. The molecule has 0 saturated heterocycles. The van der Waals surface area contributed by atoms with Crippen molar-refractivity contribution in [2.75, 3.05) is 12.8 Å². The van der Waals surface area contributed by atoms with E-state index in [1.807, 2.05) is 6.92 Å². The fourth-order valence-electron chi connectivity index (χ4n) is 2.39. The van der Waals surface area contributed by atoms with E-state index in [9.17, 15) is 0 Å². The average Bonchev–Trinajstić information content (AvgIpc) is 2.51. The Bertz CT molecular complexity index is 598. The van der Waals surface area contributed by atoms with Crippen LogP contribution in [0.15, 0.2) is 47.4 Å². The molecule has 0 aromatic heterocycles. The maximum Gasteiger partial charge on any atom is 0.0588 e. The van der Waals surface area contributed by atoms with Gasteiger partial charge < -0.3 is 5.32 Å². The summed E-state index contributed by atoms with van der Waals surface area (Å²) in [5.41, 5.74) is 3.66. The Morgan fingerprint density at radius 2 is 1.95 bits per heavy atom. The van der Waals surface area contributed by atoms with Crippen LogP contribution >= 0.6 is 23.4 Å². The summed E-state index contributed by atoms with van der Waals surface area (Å²) in [7, 11) is 0. The van der Waals surface area contributed by atoms with Gasteiger partial charge in [0, 0.05) is 9.92 Å². The molecule has 1 N–H and O–H groups in total. The molecule has 0 radical (unpaired) electrons. The van der Waals surface area contributed by atoms with Gasteiger partial charge in [0.15, 0.2) is 0 Å². The summed E-state index contributed by atoms with van der Waals surface area (Å²) in [5, 5.41) is 4.48. The molecule has 2 rings (SSSR count). The molecule has 1 atom stereocenters. The third-order valence-electron chi connectivity index (χ3n) is 3.58. The molecule has 1 unspecified atom stereocenters. The van der Waals surface area contributed by atoms with Crippen LogP contribution in [0.5, 0.6) is 0 Å². The van der Waals surface area contributed by atoms with Crippen LogP contribution in [0.4, 0.5) is 0 Å². The average molecular weight is 320 g/mol. The first-order chi connectivity index (χ1) is 10.2. The molecule has 0 aliphatic heterocycles. The van der Waals surface area contributed by atoms with Gasteiger partial charge in [-0.15, -0.1) is 11.8 Å². The molecule has 0 aliphatic rings. The van der Waals surface area contributed by atoms with Crippen molar-refractivity contribution in [2.24, 2.45) is 0 Å². The molecular formula is C18H22ClNS. The van der Waals surface area contributed by atoms with Crippen LogP contribution in [0.1, 0.15) is 36.1 Å². The van der Waals surface area contributed by atoms with Crippen molar-refractivity contribution in [3.05, 3.63) is 64.2 Å².